The molecule has 1 aliphatic heterocycles. The minimum Gasteiger partial charge on any atom is -0.443 e. The van der Waals surface area contributed by atoms with Crippen LogP contribution in [-0.4, -0.2) is 22.5 Å². The molecular formula is C13H15BrClN2O3+. The first kappa shape index (κ1) is 15.3. The second-order valence-corrected chi connectivity index (χ2v) is 6.82. The number of hydrogen-bond donors (Lipinski definition) is 0. The Labute approximate surface area is 130 Å². The van der Waals surface area contributed by atoms with Crippen LogP contribution in [0.3, 0.4) is 0 Å². The SMILES string of the molecule is C[n+]1cc(Br)c2c(c1Cl)CN(C(=O)OC(C)(C)C)C2=O. The second kappa shape index (κ2) is 5.00. The lowest BCUT2D eigenvalue weighted by molar-refractivity contribution is -0.670. The fourth-order valence-electron chi connectivity index (χ4n) is 1.96. The minimum atomic E-state index is -0.663. The van der Waals surface area contributed by atoms with Crippen LogP contribution in [0.25, 0.3) is 0 Å². The highest BCUT2D eigenvalue weighted by Gasteiger charge is 2.40. The van der Waals surface area contributed by atoms with Gasteiger partial charge in [0, 0.05) is 0 Å². The summed E-state index contributed by atoms with van der Waals surface area (Å²) in [6, 6.07) is 0. The Morgan fingerprint density at radius 2 is 2.10 bits per heavy atom. The first-order valence-electron chi connectivity index (χ1n) is 6.03. The maximum Gasteiger partial charge on any atom is 0.417 e. The van der Waals surface area contributed by atoms with Gasteiger partial charge in [-0.25, -0.2) is 9.69 Å². The average molecular weight is 363 g/mol. The lowest BCUT2D eigenvalue weighted by atomic mass is 10.2. The van der Waals surface area contributed by atoms with E-state index in [0.29, 0.717) is 20.8 Å². The van der Waals surface area contributed by atoms with Crippen molar-refractivity contribution >= 4 is 39.5 Å². The molecule has 2 rings (SSSR count). The maximum atomic E-state index is 12.3. The van der Waals surface area contributed by atoms with Crippen molar-refractivity contribution in [1.82, 2.24) is 4.90 Å². The van der Waals surface area contributed by atoms with Gasteiger partial charge in [-0.1, -0.05) is 0 Å². The van der Waals surface area contributed by atoms with E-state index in [9.17, 15) is 9.59 Å². The van der Waals surface area contributed by atoms with Crippen LogP contribution in [0.2, 0.25) is 5.15 Å². The van der Waals surface area contributed by atoms with Crippen molar-refractivity contribution < 1.29 is 18.9 Å². The number of nitrogens with zero attached hydrogens (tertiary/aromatic N) is 2. The summed E-state index contributed by atoms with van der Waals surface area (Å²) in [5, 5.41) is 0.433. The third-order valence-electron chi connectivity index (χ3n) is 2.80. The van der Waals surface area contributed by atoms with Crippen molar-refractivity contribution in [2.75, 3.05) is 0 Å². The van der Waals surface area contributed by atoms with E-state index in [1.54, 1.807) is 38.6 Å². The van der Waals surface area contributed by atoms with E-state index >= 15 is 0 Å². The van der Waals surface area contributed by atoms with E-state index in [0.717, 1.165) is 4.90 Å². The molecule has 2 amide bonds. The zero-order chi connectivity index (χ0) is 15.2. The summed E-state index contributed by atoms with van der Waals surface area (Å²) in [7, 11) is 1.77. The fraction of sp³-hybridized carbons (Fsp3) is 0.462. The molecule has 2 heterocycles. The van der Waals surface area contributed by atoms with Crippen LogP contribution >= 0.6 is 27.5 Å². The summed E-state index contributed by atoms with van der Waals surface area (Å²) in [6.07, 6.45) is 1.03. The lowest BCUT2D eigenvalue weighted by Gasteiger charge is -2.23. The molecule has 0 spiro atoms. The number of ether oxygens (including phenoxy) is 1. The van der Waals surface area contributed by atoms with Gasteiger partial charge in [-0.15, -0.1) is 0 Å². The van der Waals surface area contributed by atoms with Crippen LogP contribution in [0.5, 0.6) is 0 Å². The van der Waals surface area contributed by atoms with E-state index in [1.807, 2.05) is 0 Å². The zero-order valence-corrected chi connectivity index (χ0v) is 14.0. The summed E-state index contributed by atoms with van der Waals surface area (Å²) in [5.74, 6) is -0.399. The molecule has 0 radical (unpaired) electrons. The van der Waals surface area contributed by atoms with Gasteiger partial charge in [0.1, 0.15) is 12.6 Å². The Kier molecular flexibility index (Phi) is 3.81. The number of aryl methyl sites for hydroxylation is 1. The number of carbonyl (C=O) groups is 2. The Balaban J connectivity index is 2.37. The van der Waals surface area contributed by atoms with Crippen molar-refractivity contribution in [2.45, 2.75) is 32.9 Å². The fourth-order valence-corrected chi connectivity index (χ4v) is 2.88. The van der Waals surface area contributed by atoms with Crippen LogP contribution in [0.4, 0.5) is 4.79 Å². The number of amides is 2. The standard InChI is InChI=1S/C13H15BrClN2O3/c1-13(2,3)20-12(19)17-5-7-9(11(17)18)8(14)6-16(4)10(7)15/h6H,5H2,1-4H3/q+1. The topological polar surface area (TPSA) is 50.5 Å². The number of imide groups is 1. The van der Waals surface area contributed by atoms with Gasteiger partial charge in [0.2, 0.25) is 0 Å². The van der Waals surface area contributed by atoms with Crippen molar-refractivity contribution in [3.8, 4) is 0 Å². The van der Waals surface area contributed by atoms with Crippen LogP contribution in [0, 0.1) is 0 Å². The molecule has 0 aromatic carbocycles. The van der Waals surface area contributed by atoms with E-state index in [1.165, 1.54) is 0 Å². The first-order chi connectivity index (χ1) is 9.11. The normalized spacial score (nSPS) is 14.5. The molecule has 0 N–H and O–H groups in total. The van der Waals surface area contributed by atoms with Gasteiger partial charge in [-0.3, -0.25) is 4.79 Å². The quantitative estimate of drug-likeness (QED) is 0.527. The highest BCUT2D eigenvalue weighted by Crippen LogP contribution is 2.32. The molecule has 7 heteroatoms. The molecule has 0 bridgehead atoms. The summed E-state index contributed by atoms with van der Waals surface area (Å²) in [6.45, 7) is 5.37. The van der Waals surface area contributed by atoms with E-state index in [4.69, 9.17) is 16.3 Å². The molecule has 0 saturated heterocycles. The number of hydrogen-bond acceptors (Lipinski definition) is 3. The van der Waals surface area contributed by atoms with Gasteiger partial charge in [-0.2, -0.15) is 4.57 Å². The molecule has 0 fully saturated rings. The molecule has 20 heavy (non-hydrogen) atoms. The average Bonchev–Trinajstić information content (AvgIpc) is 2.62. The Morgan fingerprint density at radius 1 is 1.50 bits per heavy atom. The molecule has 1 aliphatic rings. The number of carbonyl (C=O) groups excluding carboxylic acids is 2. The Bertz CT molecular complexity index is 611. The molecule has 0 unspecified atom stereocenters. The van der Waals surface area contributed by atoms with Gasteiger partial charge in [-0.05, 0) is 48.3 Å². The lowest BCUT2D eigenvalue weighted by Crippen LogP contribution is -2.36. The van der Waals surface area contributed by atoms with Gasteiger partial charge in [0.25, 0.3) is 11.1 Å². The van der Waals surface area contributed by atoms with Crippen molar-refractivity contribution in [2.24, 2.45) is 7.05 Å². The number of rotatable bonds is 0. The van der Waals surface area contributed by atoms with Crippen molar-refractivity contribution in [3.05, 3.63) is 26.9 Å². The summed E-state index contributed by atoms with van der Waals surface area (Å²) < 4.78 is 7.53. The summed E-state index contributed by atoms with van der Waals surface area (Å²) in [4.78, 5) is 25.5. The number of halogens is 2. The van der Waals surface area contributed by atoms with E-state index < -0.39 is 17.6 Å². The van der Waals surface area contributed by atoms with Gasteiger partial charge >= 0.3 is 6.09 Å². The number of fused-ring (bicyclic) bond motifs is 1. The van der Waals surface area contributed by atoms with Crippen molar-refractivity contribution in [3.63, 3.8) is 0 Å². The van der Waals surface area contributed by atoms with Crippen molar-refractivity contribution in [1.29, 1.82) is 0 Å². The predicted molar refractivity (Wildman–Crippen MR) is 76.4 cm³/mol. The molecule has 108 valence electrons. The highest BCUT2D eigenvalue weighted by atomic mass is 79.9. The molecule has 1 aromatic heterocycles. The Morgan fingerprint density at radius 3 is 2.65 bits per heavy atom. The zero-order valence-electron chi connectivity index (χ0n) is 11.7. The molecule has 0 atom stereocenters. The molecular weight excluding hydrogens is 348 g/mol. The minimum absolute atomic E-state index is 0.120. The third-order valence-corrected chi connectivity index (χ3v) is 3.89. The number of aromatic nitrogens is 1. The second-order valence-electron chi connectivity index (χ2n) is 5.60. The summed E-state index contributed by atoms with van der Waals surface area (Å²) >= 11 is 9.52. The molecule has 0 aliphatic carbocycles. The number of pyridine rings is 1. The van der Waals surface area contributed by atoms with Gasteiger partial charge < -0.3 is 4.74 Å². The van der Waals surface area contributed by atoms with Gasteiger partial charge in [0.05, 0.1) is 22.1 Å². The first-order valence-corrected chi connectivity index (χ1v) is 7.20. The third kappa shape index (κ3) is 2.67. The largest absolute Gasteiger partial charge is 0.443 e. The van der Waals surface area contributed by atoms with Crippen LogP contribution in [0.1, 0.15) is 36.7 Å². The van der Waals surface area contributed by atoms with Crippen LogP contribution in [0.15, 0.2) is 10.7 Å². The highest BCUT2D eigenvalue weighted by molar-refractivity contribution is 9.10. The monoisotopic (exact) mass is 361 g/mol. The summed E-state index contributed by atoms with van der Waals surface area (Å²) in [5.41, 5.74) is 0.385. The molecule has 5 nitrogen and oxygen atoms in total. The molecule has 1 aromatic rings. The van der Waals surface area contributed by atoms with E-state index in [-0.39, 0.29) is 6.54 Å². The van der Waals surface area contributed by atoms with Crippen LogP contribution in [-0.2, 0) is 18.3 Å². The maximum absolute atomic E-state index is 12.3. The van der Waals surface area contributed by atoms with Gasteiger partial charge in [0.15, 0.2) is 6.20 Å². The molecule has 0 saturated carbocycles. The predicted octanol–water partition coefficient (Wildman–Crippen LogP) is 2.82. The smallest absolute Gasteiger partial charge is 0.417 e. The Hall–Kier alpha value is -1.14. The van der Waals surface area contributed by atoms with E-state index in [2.05, 4.69) is 15.9 Å². The van der Waals surface area contributed by atoms with Crippen LogP contribution < -0.4 is 4.57 Å².